The van der Waals surface area contributed by atoms with E-state index in [9.17, 15) is 9.90 Å². The molecule has 5 nitrogen and oxygen atoms in total. The van der Waals surface area contributed by atoms with E-state index < -0.39 is 6.10 Å². The standard InChI is InChI=1S/C12H16N2O3S/c1-17-11-3-2-8(5-13-11)7-18-9-4-10(15)12(16)14-6-9/h2-3,5,9-10,15H,4,6-7H2,1H3,(H,14,16). The molecule has 1 aliphatic rings. The first-order valence-electron chi connectivity index (χ1n) is 5.75. The second kappa shape index (κ2) is 6.06. The van der Waals surface area contributed by atoms with Gasteiger partial charge in [-0.25, -0.2) is 4.98 Å². The molecule has 0 spiro atoms. The number of piperidine rings is 1. The molecule has 0 aliphatic carbocycles. The second-order valence-corrected chi connectivity index (χ2v) is 5.43. The number of amides is 1. The lowest BCUT2D eigenvalue weighted by molar-refractivity contribution is -0.131. The van der Waals surface area contributed by atoms with Crippen molar-refractivity contribution in [2.45, 2.75) is 23.5 Å². The van der Waals surface area contributed by atoms with Crippen molar-refractivity contribution >= 4 is 17.7 Å². The van der Waals surface area contributed by atoms with Crippen molar-refractivity contribution in [3.63, 3.8) is 0 Å². The molecule has 2 N–H and O–H groups in total. The normalized spacial score (nSPS) is 23.6. The van der Waals surface area contributed by atoms with Crippen LogP contribution in [0.1, 0.15) is 12.0 Å². The summed E-state index contributed by atoms with van der Waals surface area (Å²) in [5, 5.41) is 12.4. The first-order valence-corrected chi connectivity index (χ1v) is 6.80. The summed E-state index contributed by atoms with van der Waals surface area (Å²) in [6, 6.07) is 3.80. The number of hydrogen-bond acceptors (Lipinski definition) is 5. The van der Waals surface area contributed by atoms with E-state index in [-0.39, 0.29) is 11.2 Å². The maximum Gasteiger partial charge on any atom is 0.248 e. The minimum absolute atomic E-state index is 0.250. The van der Waals surface area contributed by atoms with Gasteiger partial charge in [0.15, 0.2) is 0 Å². The molecule has 1 aliphatic heterocycles. The highest BCUT2D eigenvalue weighted by Crippen LogP contribution is 2.23. The van der Waals surface area contributed by atoms with Crippen LogP contribution in [0.3, 0.4) is 0 Å². The Balaban J connectivity index is 1.82. The zero-order chi connectivity index (χ0) is 13.0. The van der Waals surface area contributed by atoms with Gasteiger partial charge in [0.05, 0.1) is 7.11 Å². The summed E-state index contributed by atoms with van der Waals surface area (Å²) in [6.07, 6.45) is 1.43. The van der Waals surface area contributed by atoms with Crippen molar-refractivity contribution in [2.24, 2.45) is 0 Å². The predicted molar refractivity (Wildman–Crippen MR) is 69.5 cm³/mol. The number of hydrogen-bond donors (Lipinski definition) is 2. The third-order valence-electron chi connectivity index (χ3n) is 2.79. The van der Waals surface area contributed by atoms with E-state index in [4.69, 9.17) is 4.74 Å². The molecule has 1 aromatic heterocycles. The third kappa shape index (κ3) is 3.36. The summed E-state index contributed by atoms with van der Waals surface area (Å²) in [7, 11) is 1.59. The van der Waals surface area contributed by atoms with Crippen LogP contribution in [0.15, 0.2) is 18.3 Å². The topological polar surface area (TPSA) is 71.5 Å². The van der Waals surface area contributed by atoms with Gasteiger partial charge in [-0.2, -0.15) is 11.8 Å². The average molecular weight is 268 g/mol. The second-order valence-electron chi connectivity index (χ2n) is 4.14. The highest BCUT2D eigenvalue weighted by molar-refractivity contribution is 7.99. The number of aliphatic hydroxyl groups excluding tert-OH is 1. The van der Waals surface area contributed by atoms with E-state index >= 15 is 0 Å². The fraction of sp³-hybridized carbons (Fsp3) is 0.500. The molecule has 0 radical (unpaired) electrons. The summed E-state index contributed by atoms with van der Waals surface area (Å²) in [5.74, 6) is 1.15. The summed E-state index contributed by atoms with van der Waals surface area (Å²) < 4.78 is 4.99. The zero-order valence-electron chi connectivity index (χ0n) is 10.1. The van der Waals surface area contributed by atoms with Crippen molar-refractivity contribution in [2.75, 3.05) is 13.7 Å². The first-order chi connectivity index (χ1) is 8.69. The van der Waals surface area contributed by atoms with Gasteiger partial charge in [0.1, 0.15) is 6.10 Å². The van der Waals surface area contributed by atoms with Crippen molar-refractivity contribution in [1.29, 1.82) is 0 Å². The quantitative estimate of drug-likeness (QED) is 0.835. The van der Waals surface area contributed by atoms with Crippen LogP contribution in [0, 0.1) is 0 Å². The van der Waals surface area contributed by atoms with Crippen LogP contribution in [-0.2, 0) is 10.5 Å². The van der Waals surface area contributed by atoms with Gasteiger partial charge in [-0.05, 0) is 12.0 Å². The Hall–Kier alpha value is -1.27. The number of rotatable bonds is 4. The number of carbonyl (C=O) groups is 1. The number of carbonyl (C=O) groups excluding carboxylic acids is 1. The van der Waals surface area contributed by atoms with Crippen LogP contribution in [0.5, 0.6) is 5.88 Å². The molecule has 1 amide bonds. The summed E-state index contributed by atoms with van der Waals surface area (Å²) >= 11 is 1.71. The van der Waals surface area contributed by atoms with Gasteiger partial charge in [0, 0.05) is 29.8 Å². The number of ether oxygens (including phenoxy) is 1. The number of methoxy groups -OCH3 is 1. The molecule has 2 heterocycles. The molecule has 18 heavy (non-hydrogen) atoms. The Labute approximate surface area is 110 Å². The van der Waals surface area contributed by atoms with Gasteiger partial charge in [0.25, 0.3) is 0 Å². The highest BCUT2D eigenvalue weighted by atomic mass is 32.2. The molecule has 1 aromatic rings. The number of thioether (sulfide) groups is 1. The smallest absolute Gasteiger partial charge is 0.248 e. The lowest BCUT2D eigenvalue weighted by atomic mass is 10.1. The van der Waals surface area contributed by atoms with Gasteiger partial charge >= 0.3 is 0 Å². The fourth-order valence-electron chi connectivity index (χ4n) is 1.73. The number of nitrogens with one attached hydrogen (secondary N) is 1. The predicted octanol–water partition coefficient (Wildman–Crippen LogP) is 0.573. The Morgan fingerprint density at radius 1 is 1.61 bits per heavy atom. The van der Waals surface area contributed by atoms with E-state index in [1.165, 1.54) is 0 Å². The summed E-state index contributed by atoms with van der Waals surface area (Å²) in [4.78, 5) is 15.2. The zero-order valence-corrected chi connectivity index (χ0v) is 10.9. The van der Waals surface area contributed by atoms with E-state index in [2.05, 4.69) is 10.3 Å². The molecular formula is C12H16N2O3S. The molecule has 98 valence electrons. The Morgan fingerprint density at radius 2 is 2.44 bits per heavy atom. The van der Waals surface area contributed by atoms with Crippen LogP contribution in [0.25, 0.3) is 0 Å². The molecule has 6 heteroatoms. The van der Waals surface area contributed by atoms with E-state index in [1.54, 1.807) is 25.1 Å². The minimum Gasteiger partial charge on any atom is -0.481 e. The highest BCUT2D eigenvalue weighted by Gasteiger charge is 2.26. The van der Waals surface area contributed by atoms with Crippen LogP contribution in [0.2, 0.25) is 0 Å². The van der Waals surface area contributed by atoms with Crippen LogP contribution in [-0.4, -0.2) is 41.0 Å². The van der Waals surface area contributed by atoms with Crippen molar-refractivity contribution in [1.82, 2.24) is 10.3 Å². The van der Waals surface area contributed by atoms with Gasteiger partial charge in [-0.3, -0.25) is 4.79 Å². The molecule has 0 saturated carbocycles. The Bertz CT molecular complexity index is 410. The monoisotopic (exact) mass is 268 g/mol. The molecule has 2 rings (SSSR count). The molecular weight excluding hydrogens is 252 g/mol. The molecule has 0 bridgehead atoms. The lowest BCUT2D eigenvalue weighted by Gasteiger charge is -2.25. The molecule has 2 unspecified atom stereocenters. The maximum absolute atomic E-state index is 11.1. The Morgan fingerprint density at radius 3 is 3.06 bits per heavy atom. The average Bonchev–Trinajstić information content (AvgIpc) is 2.41. The molecule has 1 saturated heterocycles. The number of aliphatic hydroxyl groups is 1. The lowest BCUT2D eigenvalue weighted by Crippen LogP contribution is -2.46. The van der Waals surface area contributed by atoms with Gasteiger partial charge in [0.2, 0.25) is 11.8 Å². The van der Waals surface area contributed by atoms with Crippen molar-refractivity contribution in [3.05, 3.63) is 23.9 Å². The molecule has 2 atom stereocenters. The van der Waals surface area contributed by atoms with Crippen molar-refractivity contribution in [3.8, 4) is 5.88 Å². The summed E-state index contributed by atoms with van der Waals surface area (Å²) in [6.45, 7) is 0.615. The molecule has 1 fully saturated rings. The van der Waals surface area contributed by atoms with Crippen LogP contribution >= 0.6 is 11.8 Å². The SMILES string of the molecule is COc1ccc(CSC2CNC(=O)C(O)C2)cn1. The van der Waals surface area contributed by atoms with Gasteiger partial charge in [-0.15, -0.1) is 0 Å². The van der Waals surface area contributed by atoms with Crippen LogP contribution < -0.4 is 10.1 Å². The van der Waals surface area contributed by atoms with E-state index in [0.717, 1.165) is 11.3 Å². The summed E-state index contributed by atoms with van der Waals surface area (Å²) in [5.41, 5.74) is 1.10. The van der Waals surface area contributed by atoms with E-state index in [1.807, 2.05) is 12.1 Å². The number of pyridine rings is 1. The molecule has 0 aromatic carbocycles. The van der Waals surface area contributed by atoms with Crippen molar-refractivity contribution < 1.29 is 14.6 Å². The largest absolute Gasteiger partial charge is 0.481 e. The maximum atomic E-state index is 11.1. The number of nitrogens with zero attached hydrogens (tertiary/aromatic N) is 1. The van der Waals surface area contributed by atoms with E-state index in [0.29, 0.717) is 18.8 Å². The first kappa shape index (κ1) is 13.2. The van der Waals surface area contributed by atoms with Gasteiger partial charge < -0.3 is 15.2 Å². The minimum atomic E-state index is -0.870. The Kier molecular flexibility index (Phi) is 4.43. The fourth-order valence-corrected chi connectivity index (χ4v) is 2.85. The third-order valence-corrected chi connectivity index (χ3v) is 4.12. The number of aromatic nitrogens is 1. The van der Waals surface area contributed by atoms with Gasteiger partial charge in [-0.1, -0.05) is 6.07 Å². The van der Waals surface area contributed by atoms with Crippen LogP contribution in [0.4, 0.5) is 0 Å².